The van der Waals surface area contributed by atoms with Gasteiger partial charge in [-0.15, -0.1) is 11.3 Å². The smallest absolute Gasteiger partial charge is 0.00578 e. The van der Waals surface area contributed by atoms with Gasteiger partial charge in [0.1, 0.15) is 0 Å². The van der Waals surface area contributed by atoms with E-state index in [1.165, 1.54) is 23.3 Å². The van der Waals surface area contributed by atoms with Crippen molar-refractivity contribution in [3.05, 3.63) is 34.0 Å². The lowest BCUT2D eigenvalue weighted by Crippen LogP contribution is -2.27. The van der Waals surface area contributed by atoms with Gasteiger partial charge in [-0.1, -0.05) is 17.7 Å². The summed E-state index contributed by atoms with van der Waals surface area (Å²) in [4.78, 5) is 1.48. The molecule has 1 atom stereocenters. The first-order valence-corrected chi connectivity index (χ1v) is 6.95. The van der Waals surface area contributed by atoms with Gasteiger partial charge in [-0.3, -0.25) is 0 Å². The van der Waals surface area contributed by atoms with Crippen molar-refractivity contribution >= 4 is 11.3 Å². The molecule has 0 bridgehead atoms. The highest BCUT2D eigenvalue weighted by Gasteiger charge is 2.00. The minimum Gasteiger partial charge on any atom is -0.314 e. The van der Waals surface area contributed by atoms with Gasteiger partial charge in [0, 0.05) is 17.5 Å². The lowest BCUT2D eigenvalue weighted by atomic mass is 10.1. The van der Waals surface area contributed by atoms with Crippen LogP contribution >= 0.6 is 11.3 Å². The number of nitrogens with one attached hydrogen (secondary N) is 1. The molecule has 0 aromatic carbocycles. The molecule has 0 aliphatic heterocycles. The minimum atomic E-state index is 0.621. The lowest BCUT2D eigenvalue weighted by molar-refractivity contribution is 0.522. The molecule has 90 valence electrons. The van der Waals surface area contributed by atoms with Crippen LogP contribution in [0.4, 0.5) is 0 Å². The highest BCUT2D eigenvalue weighted by molar-refractivity contribution is 7.09. The summed E-state index contributed by atoms with van der Waals surface area (Å²) in [6.45, 7) is 7.69. The number of rotatable bonds is 7. The van der Waals surface area contributed by atoms with Crippen LogP contribution < -0.4 is 5.32 Å². The van der Waals surface area contributed by atoms with Crippen LogP contribution in [0.25, 0.3) is 0 Å². The molecule has 1 aromatic heterocycles. The van der Waals surface area contributed by atoms with Crippen LogP contribution in [0, 0.1) is 0 Å². The summed E-state index contributed by atoms with van der Waals surface area (Å²) < 4.78 is 0. The molecule has 0 aliphatic rings. The molecule has 1 unspecified atom stereocenters. The summed E-state index contributed by atoms with van der Waals surface area (Å²) in [5.41, 5.74) is 1.42. The highest BCUT2D eigenvalue weighted by atomic mass is 32.1. The van der Waals surface area contributed by atoms with Crippen molar-refractivity contribution in [2.75, 3.05) is 6.54 Å². The molecule has 0 radical (unpaired) electrons. The predicted molar refractivity (Wildman–Crippen MR) is 74.2 cm³/mol. The molecule has 16 heavy (non-hydrogen) atoms. The molecule has 1 N–H and O–H groups in total. The van der Waals surface area contributed by atoms with Crippen LogP contribution in [-0.4, -0.2) is 12.6 Å². The van der Waals surface area contributed by atoms with E-state index < -0.39 is 0 Å². The molecule has 0 saturated carbocycles. The molecular weight excluding hydrogens is 214 g/mol. The maximum absolute atomic E-state index is 3.57. The molecule has 0 amide bonds. The van der Waals surface area contributed by atoms with Gasteiger partial charge in [-0.2, -0.15) is 0 Å². The molecule has 0 saturated heterocycles. The molecule has 0 fully saturated rings. The van der Waals surface area contributed by atoms with Crippen LogP contribution in [0.2, 0.25) is 0 Å². The van der Waals surface area contributed by atoms with Gasteiger partial charge in [0.2, 0.25) is 0 Å². The van der Waals surface area contributed by atoms with Crippen molar-refractivity contribution in [2.45, 2.75) is 46.1 Å². The maximum Gasteiger partial charge on any atom is 0.00578 e. The summed E-state index contributed by atoms with van der Waals surface area (Å²) in [5.74, 6) is 0. The molecule has 1 aromatic rings. The standard InChI is InChI=1S/C14H23NS/c1-12(2)6-4-7-13(3)15-10-9-14-8-5-11-16-14/h5-6,8,11,13,15H,4,7,9-10H2,1-3H3. The second kappa shape index (κ2) is 7.64. The Hall–Kier alpha value is -0.600. The van der Waals surface area contributed by atoms with Crippen LogP contribution in [0.5, 0.6) is 0 Å². The van der Waals surface area contributed by atoms with Crippen molar-refractivity contribution in [1.29, 1.82) is 0 Å². The van der Waals surface area contributed by atoms with Gasteiger partial charge in [-0.25, -0.2) is 0 Å². The fraction of sp³-hybridized carbons (Fsp3) is 0.571. The summed E-state index contributed by atoms with van der Waals surface area (Å²) in [6.07, 6.45) is 5.90. The molecule has 1 nitrogen and oxygen atoms in total. The third-order valence-electron chi connectivity index (χ3n) is 2.60. The van der Waals surface area contributed by atoms with E-state index in [-0.39, 0.29) is 0 Å². The normalized spacial score (nSPS) is 12.4. The zero-order chi connectivity index (χ0) is 11.8. The van der Waals surface area contributed by atoms with E-state index in [4.69, 9.17) is 0 Å². The Morgan fingerprint density at radius 2 is 2.31 bits per heavy atom. The first-order chi connectivity index (χ1) is 7.68. The van der Waals surface area contributed by atoms with E-state index in [1.54, 1.807) is 0 Å². The Balaban J connectivity index is 2.06. The molecular formula is C14H23NS. The molecule has 0 aliphatic carbocycles. The monoisotopic (exact) mass is 237 g/mol. The van der Waals surface area contributed by atoms with Crippen LogP contribution in [0.3, 0.4) is 0 Å². The third-order valence-corrected chi connectivity index (χ3v) is 3.53. The molecule has 0 spiro atoms. The van der Waals surface area contributed by atoms with Gasteiger partial charge < -0.3 is 5.32 Å². The van der Waals surface area contributed by atoms with Crippen LogP contribution in [0.15, 0.2) is 29.2 Å². The molecule has 2 heteroatoms. The summed E-state index contributed by atoms with van der Waals surface area (Å²) in [7, 11) is 0. The Labute approximate surface area is 104 Å². The SMILES string of the molecule is CC(C)=CCCC(C)NCCc1cccs1. The summed E-state index contributed by atoms with van der Waals surface area (Å²) in [5, 5.41) is 5.72. The van der Waals surface area contributed by atoms with E-state index in [1.807, 2.05) is 11.3 Å². The number of hydrogen-bond acceptors (Lipinski definition) is 2. The van der Waals surface area contributed by atoms with E-state index in [0.29, 0.717) is 6.04 Å². The molecule has 1 rings (SSSR count). The van der Waals surface area contributed by atoms with Gasteiger partial charge in [0.05, 0.1) is 0 Å². The van der Waals surface area contributed by atoms with E-state index in [2.05, 4.69) is 49.7 Å². The molecule has 1 heterocycles. The number of thiophene rings is 1. The number of hydrogen-bond donors (Lipinski definition) is 1. The van der Waals surface area contributed by atoms with Gasteiger partial charge >= 0.3 is 0 Å². The van der Waals surface area contributed by atoms with E-state index >= 15 is 0 Å². The van der Waals surface area contributed by atoms with Crippen molar-refractivity contribution in [3.8, 4) is 0 Å². The number of allylic oxidation sites excluding steroid dienone is 2. The zero-order valence-electron chi connectivity index (χ0n) is 10.6. The Bertz CT molecular complexity index is 297. The van der Waals surface area contributed by atoms with Gasteiger partial charge in [0.15, 0.2) is 0 Å². The second-order valence-corrected chi connectivity index (χ2v) is 5.58. The quantitative estimate of drug-likeness (QED) is 0.706. The van der Waals surface area contributed by atoms with Crippen molar-refractivity contribution in [1.82, 2.24) is 5.32 Å². The Morgan fingerprint density at radius 1 is 1.50 bits per heavy atom. The zero-order valence-corrected chi connectivity index (χ0v) is 11.4. The Morgan fingerprint density at radius 3 is 2.94 bits per heavy atom. The van der Waals surface area contributed by atoms with Gasteiger partial charge in [0.25, 0.3) is 0 Å². The van der Waals surface area contributed by atoms with E-state index in [0.717, 1.165) is 13.0 Å². The maximum atomic E-state index is 3.57. The minimum absolute atomic E-state index is 0.621. The van der Waals surface area contributed by atoms with E-state index in [9.17, 15) is 0 Å². The van der Waals surface area contributed by atoms with Crippen molar-refractivity contribution in [2.24, 2.45) is 0 Å². The topological polar surface area (TPSA) is 12.0 Å². The summed E-state index contributed by atoms with van der Waals surface area (Å²) >= 11 is 1.85. The largest absolute Gasteiger partial charge is 0.314 e. The fourth-order valence-electron chi connectivity index (χ4n) is 1.62. The highest BCUT2D eigenvalue weighted by Crippen LogP contribution is 2.08. The van der Waals surface area contributed by atoms with Crippen LogP contribution in [-0.2, 0) is 6.42 Å². The van der Waals surface area contributed by atoms with Gasteiger partial charge in [-0.05, 0) is 51.5 Å². The third kappa shape index (κ3) is 6.09. The first-order valence-electron chi connectivity index (χ1n) is 6.07. The van der Waals surface area contributed by atoms with Crippen molar-refractivity contribution < 1.29 is 0 Å². The fourth-order valence-corrected chi connectivity index (χ4v) is 2.33. The Kier molecular flexibility index (Phi) is 6.43. The second-order valence-electron chi connectivity index (χ2n) is 4.54. The van der Waals surface area contributed by atoms with Crippen molar-refractivity contribution in [3.63, 3.8) is 0 Å². The average molecular weight is 237 g/mol. The first kappa shape index (κ1) is 13.5. The average Bonchev–Trinajstić information content (AvgIpc) is 2.70. The lowest BCUT2D eigenvalue weighted by Gasteiger charge is -2.12. The predicted octanol–water partition coefficient (Wildman–Crippen LogP) is 4.02. The van der Waals surface area contributed by atoms with Crippen LogP contribution in [0.1, 0.15) is 38.5 Å². The summed E-state index contributed by atoms with van der Waals surface area (Å²) in [6, 6.07) is 4.95.